The predicted octanol–water partition coefficient (Wildman–Crippen LogP) is 4.87. The zero-order chi connectivity index (χ0) is 20.0. The van der Waals surface area contributed by atoms with E-state index < -0.39 is 12.4 Å². The van der Waals surface area contributed by atoms with E-state index in [0.717, 1.165) is 0 Å². The number of carbonyl (C=O) groups excluding carboxylic acids is 1. The van der Waals surface area contributed by atoms with Gasteiger partial charge in [0.15, 0.2) is 11.5 Å². The highest BCUT2D eigenvalue weighted by Crippen LogP contribution is 2.29. The number of amides is 1. The van der Waals surface area contributed by atoms with Gasteiger partial charge in [0.25, 0.3) is 0 Å². The van der Waals surface area contributed by atoms with Gasteiger partial charge in [0, 0.05) is 29.7 Å². The molecule has 0 radical (unpaired) electrons. The van der Waals surface area contributed by atoms with E-state index in [2.05, 4.69) is 20.7 Å². The Morgan fingerprint density at radius 1 is 1.22 bits per heavy atom. The van der Waals surface area contributed by atoms with Gasteiger partial charge in [-0.2, -0.15) is 8.78 Å². The molecule has 0 aliphatic rings. The third-order valence-corrected chi connectivity index (χ3v) is 4.10. The van der Waals surface area contributed by atoms with Crippen molar-refractivity contribution < 1.29 is 27.4 Å². The molecule has 0 N–H and O–H groups in total. The third kappa shape index (κ3) is 6.02. The van der Waals surface area contributed by atoms with Crippen LogP contribution < -0.4 is 9.47 Å². The minimum Gasteiger partial charge on any atom is -0.493 e. The number of methoxy groups -OCH3 is 1. The molecular weight excluding hydrogens is 427 g/mol. The van der Waals surface area contributed by atoms with Gasteiger partial charge in [0.1, 0.15) is 5.82 Å². The third-order valence-electron chi connectivity index (χ3n) is 3.60. The topological polar surface area (TPSA) is 38.8 Å². The molecule has 4 nitrogen and oxygen atoms in total. The Bertz CT molecular complexity index is 843. The first kappa shape index (κ1) is 20.8. The summed E-state index contributed by atoms with van der Waals surface area (Å²) in [6.07, 6.45) is 2.65. The summed E-state index contributed by atoms with van der Waals surface area (Å²) in [7, 11) is 2.90. The van der Waals surface area contributed by atoms with E-state index in [1.54, 1.807) is 25.2 Å². The van der Waals surface area contributed by atoms with Gasteiger partial charge in [-0.1, -0.05) is 22.0 Å². The van der Waals surface area contributed by atoms with Crippen molar-refractivity contribution >= 4 is 27.9 Å². The Morgan fingerprint density at radius 2 is 1.96 bits per heavy atom. The van der Waals surface area contributed by atoms with Crippen molar-refractivity contribution in [2.24, 2.45) is 0 Å². The Balaban J connectivity index is 2.07. The van der Waals surface area contributed by atoms with E-state index >= 15 is 0 Å². The summed E-state index contributed by atoms with van der Waals surface area (Å²) in [4.78, 5) is 13.6. The summed E-state index contributed by atoms with van der Waals surface area (Å²) in [5.41, 5.74) is 0.938. The van der Waals surface area contributed by atoms with Crippen LogP contribution in [-0.2, 0) is 11.3 Å². The van der Waals surface area contributed by atoms with Crippen molar-refractivity contribution in [3.8, 4) is 11.5 Å². The number of rotatable bonds is 7. The maximum absolute atomic E-state index is 13.7. The normalized spacial score (nSPS) is 11.1. The molecule has 144 valence electrons. The lowest BCUT2D eigenvalue weighted by molar-refractivity contribution is -0.125. The second kappa shape index (κ2) is 9.45. The largest absolute Gasteiger partial charge is 0.493 e. The quantitative estimate of drug-likeness (QED) is 0.573. The van der Waals surface area contributed by atoms with E-state index in [1.807, 2.05) is 0 Å². The van der Waals surface area contributed by atoms with Crippen LogP contribution in [-0.4, -0.2) is 31.6 Å². The Hall–Kier alpha value is -2.48. The van der Waals surface area contributed by atoms with Crippen LogP contribution in [0.1, 0.15) is 11.1 Å². The van der Waals surface area contributed by atoms with Crippen LogP contribution in [0.4, 0.5) is 13.2 Å². The van der Waals surface area contributed by atoms with Crippen molar-refractivity contribution in [3.63, 3.8) is 0 Å². The second-order valence-corrected chi connectivity index (χ2v) is 6.47. The van der Waals surface area contributed by atoms with Gasteiger partial charge < -0.3 is 14.4 Å². The van der Waals surface area contributed by atoms with Crippen molar-refractivity contribution in [2.45, 2.75) is 13.2 Å². The summed E-state index contributed by atoms with van der Waals surface area (Å²) in [6.45, 7) is -2.76. The van der Waals surface area contributed by atoms with Gasteiger partial charge in [-0.25, -0.2) is 4.39 Å². The maximum atomic E-state index is 13.7. The van der Waals surface area contributed by atoms with E-state index in [4.69, 9.17) is 4.74 Å². The molecule has 0 bridgehead atoms. The van der Waals surface area contributed by atoms with Crippen LogP contribution >= 0.6 is 15.9 Å². The molecule has 0 aliphatic heterocycles. The molecule has 2 aromatic rings. The average Bonchev–Trinajstić information content (AvgIpc) is 2.62. The molecule has 0 fully saturated rings. The molecule has 0 spiro atoms. The van der Waals surface area contributed by atoms with Crippen LogP contribution in [0.3, 0.4) is 0 Å². The van der Waals surface area contributed by atoms with Gasteiger partial charge in [0.05, 0.1) is 7.11 Å². The number of likely N-dealkylation sites (N-methyl/N-ethyl adjacent to an activating group) is 1. The predicted molar refractivity (Wildman–Crippen MR) is 99.2 cm³/mol. The van der Waals surface area contributed by atoms with Crippen molar-refractivity contribution in [1.29, 1.82) is 0 Å². The van der Waals surface area contributed by atoms with E-state index in [1.165, 1.54) is 42.4 Å². The van der Waals surface area contributed by atoms with E-state index in [-0.39, 0.29) is 29.5 Å². The number of nitrogens with zero attached hydrogens (tertiary/aromatic N) is 1. The molecule has 27 heavy (non-hydrogen) atoms. The standard InChI is InChI=1S/C19H17BrF3NO3/c1-24(18(25)8-4-13-10-14(20)5-6-15(13)21)11-12-3-7-16(27-19(22)23)17(9-12)26-2/h3-10,19H,11H2,1-2H3/b8-4+. The SMILES string of the molecule is COc1cc(CN(C)C(=O)/C=C/c2cc(Br)ccc2F)ccc1OC(F)F. The van der Waals surface area contributed by atoms with Crippen LogP contribution in [0.5, 0.6) is 11.5 Å². The zero-order valence-electron chi connectivity index (χ0n) is 14.6. The molecule has 2 aromatic carbocycles. The molecule has 0 aliphatic carbocycles. The summed E-state index contributed by atoms with van der Waals surface area (Å²) in [6, 6.07) is 8.85. The van der Waals surface area contributed by atoms with Crippen molar-refractivity contribution in [1.82, 2.24) is 4.90 Å². The van der Waals surface area contributed by atoms with Crippen LogP contribution in [0.2, 0.25) is 0 Å². The molecule has 0 aromatic heterocycles. The first-order valence-corrected chi connectivity index (χ1v) is 8.59. The highest BCUT2D eigenvalue weighted by atomic mass is 79.9. The number of alkyl halides is 2. The van der Waals surface area contributed by atoms with Crippen molar-refractivity contribution in [2.75, 3.05) is 14.2 Å². The molecule has 0 saturated heterocycles. The molecular formula is C19H17BrF3NO3. The van der Waals surface area contributed by atoms with Gasteiger partial charge in [-0.3, -0.25) is 4.79 Å². The minimum atomic E-state index is -2.96. The molecule has 0 atom stereocenters. The zero-order valence-corrected chi connectivity index (χ0v) is 16.2. The van der Waals surface area contributed by atoms with Crippen molar-refractivity contribution in [3.05, 3.63) is 63.9 Å². The molecule has 0 saturated carbocycles. The monoisotopic (exact) mass is 443 g/mol. The highest BCUT2D eigenvalue weighted by molar-refractivity contribution is 9.10. The fourth-order valence-electron chi connectivity index (χ4n) is 2.29. The second-order valence-electron chi connectivity index (χ2n) is 5.56. The lowest BCUT2D eigenvalue weighted by Crippen LogP contribution is -2.24. The summed E-state index contributed by atoms with van der Waals surface area (Å²) < 4.78 is 48.5. The molecule has 1 amide bonds. The summed E-state index contributed by atoms with van der Waals surface area (Å²) in [5.74, 6) is -0.735. The lowest BCUT2D eigenvalue weighted by atomic mass is 10.1. The van der Waals surface area contributed by atoms with Gasteiger partial charge in [-0.15, -0.1) is 0 Å². The van der Waals surface area contributed by atoms with Crippen LogP contribution in [0.25, 0.3) is 6.08 Å². The number of ether oxygens (including phenoxy) is 2. The van der Waals surface area contributed by atoms with Crippen LogP contribution in [0.15, 0.2) is 46.9 Å². The first-order valence-electron chi connectivity index (χ1n) is 7.80. The van der Waals surface area contributed by atoms with Crippen LogP contribution in [0, 0.1) is 5.82 Å². The number of benzene rings is 2. The smallest absolute Gasteiger partial charge is 0.387 e. The van der Waals surface area contributed by atoms with E-state index in [0.29, 0.717) is 10.0 Å². The van der Waals surface area contributed by atoms with E-state index in [9.17, 15) is 18.0 Å². The Kier molecular flexibility index (Phi) is 7.29. The van der Waals surface area contributed by atoms with Gasteiger partial charge in [-0.05, 0) is 42.0 Å². The molecule has 0 unspecified atom stereocenters. The summed E-state index contributed by atoms with van der Waals surface area (Å²) in [5, 5.41) is 0. The van der Waals surface area contributed by atoms with Gasteiger partial charge >= 0.3 is 6.61 Å². The first-order chi connectivity index (χ1) is 12.8. The van der Waals surface area contributed by atoms with Gasteiger partial charge in [0.2, 0.25) is 5.91 Å². The number of hydrogen-bond acceptors (Lipinski definition) is 3. The molecule has 0 heterocycles. The fourth-order valence-corrected chi connectivity index (χ4v) is 2.66. The summed E-state index contributed by atoms with van der Waals surface area (Å²) >= 11 is 3.25. The number of hydrogen-bond donors (Lipinski definition) is 0. The maximum Gasteiger partial charge on any atom is 0.387 e. The number of carbonyl (C=O) groups is 1. The highest BCUT2D eigenvalue weighted by Gasteiger charge is 2.13. The molecule has 2 rings (SSSR count). The average molecular weight is 444 g/mol. The Morgan fingerprint density at radius 3 is 2.63 bits per heavy atom. The number of halogens is 4. The Labute approximate surface area is 163 Å². The molecule has 8 heteroatoms. The minimum absolute atomic E-state index is 0.0877. The fraction of sp³-hybridized carbons (Fsp3) is 0.211. The lowest BCUT2D eigenvalue weighted by Gasteiger charge is -2.17.